The highest BCUT2D eigenvalue weighted by atomic mass is 32.1. The van der Waals surface area contributed by atoms with Gasteiger partial charge in [-0.3, -0.25) is 4.79 Å². The zero-order valence-electron chi connectivity index (χ0n) is 11.5. The minimum Gasteiger partial charge on any atom is -0.469 e. The van der Waals surface area contributed by atoms with Crippen LogP contribution in [0, 0.1) is 0 Å². The number of rotatable bonds is 9. The van der Waals surface area contributed by atoms with Crippen molar-refractivity contribution in [2.45, 2.75) is 18.9 Å². The van der Waals surface area contributed by atoms with E-state index in [-0.39, 0.29) is 12.1 Å². The van der Waals surface area contributed by atoms with E-state index in [4.69, 9.17) is 9.47 Å². The molecule has 0 radical (unpaired) electrons. The van der Waals surface area contributed by atoms with E-state index in [0.717, 1.165) is 10.8 Å². The molecule has 0 fully saturated rings. The molecule has 19 heavy (non-hydrogen) atoms. The standard InChI is InChI=1S/C12H20N2O4S/c1-16-7-10(17-2)6-13-12-14-9(8-19-12)4-5-11(15)18-3/h8,10H,4-7H2,1-3H3,(H,13,14). The van der Waals surface area contributed by atoms with E-state index < -0.39 is 0 Å². The molecule has 0 aliphatic carbocycles. The molecule has 7 heteroatoms. The maximum atomic E-state index is 11.0. The van der Waals surface area contributed by atoms with Crippen LogP contribution in [0.25, 0.3) is 0 Å². The van der Waals surface area contributed by atoms with Gasteiger partial charge in [-0.25, -0.2) is 4.98 Å². The number of aryl methyl sites for hydroxylation is 1. The molecule has 1 unspecified atom stereocenters. The molecular weight excluding hydrogens is 268 g/mol. The summed E-state index contributed by atoms with van der Waals surface area (Å²) in [5, 5.41) is 5.94. The summed E-state index contributed by atoms with van der Waals surface area (Å²) in [6.45, 7) is 1.17. The van der Waals surface area contributed by atoms with Crippen LogP contribution in [0.3, 0.4) is 0 Å². The van der Waals surface area contributed by atoms with Gasteiger partial charge in [-0.15, -0.1) is 11.3 Å². The fourth-order valence-electron chi connectivity index (χ4n) is 1.43. The van der Waals surface area contributed by atoms with Crippen molar-refractivity contribution >= 4 is 22.4 Å². The molecule has 0 aliphatic rings. The first-order valence-electron chi connectivity index (χ1n) is 5.96. The summed E-state index contributed by atoms with van der Waals surface area (Å²) in [5.41, 5.74) is 0.888. The molecule has 0 spiro atoms. The molecule has 1 heterocycles. The minimum absolute atomic E-state index is 0.00702. The largest absolute Gasteiger partial charge is 0.469 e. The van der Waals surface area contributed by atoms with Gasteiger partial charge in [0.1, 0.15) is 0 Å². The van der Waals surface area contributed by atoms with Crippen molar-refractivity contribution < 1.29 is 19.0 Å². The molecule has 0 aliphatic heterocycles. The normalized spacial score (nSPS) is 12.2. The Balaban J connectivity index is 2.35. The molecule has 108 valence electrons. The van der Waals surface area contributed by atoms with Gasteiger partial charge in [0.2, 0.25) is 0 Å². The number of methoxy groups -OCH3 is 3. The molecule has 6 nitrogen and oxygen atoms in total. The zero-order valence-corrected chi connectivity index (χ0v) is 12.3. The van der Waals surface area contributed by atoms with Crippen molar-refractivity contribution in [3.05, 3.63) is 11.1 Å². The first-order valence-corrected chi connectivity index (χ1v) is 6.84. The maximum Gasteiger partial charge on any atom is 0.305 e. The molecule has 1 aromatic rings. The van der Waals surface area contributed by atoms with Crippen molar-refractivity contribution in [3.63, 3.8) is 0 Å². The molecule has 0 bridgehead atoms. The quantitative estimate of drug-likeness (QED) is 0.691. The highest BCUT2D eigenvalue weighted by Crippen LogP contribution is 2.16. The van der Waals surface area contributed by atoms with Crippen molar-refractivity contribution in [3.8, 4) is 0 Å². The SMILES string of the molecule is COCC(CNc1nc(CCC(=O)OC)cs1)OC. The van der Waals surface area contributed by atoms with Gasteiger partial charge < -0.3 is 19.5 Å². The van der Waals surface area contributed by atoms with Gasteiger partial charge in [0, 0.05) is 32.6 Å². The van der Waals surface area contributed by atoms with Gasteiger partial charge in [-0.2, -0.15) is 0 Å². The van der Waals surface area contributed by atoms with Gasteiger partial charge >= 0.3 is 5.97 Å². The molecule has 1 atom stereocenters. The third kappa shape index (κ3) is 6.00. The van der Waals surface area contributed by atoms with E-state index in [9.17, 15) is 4.79 Å². The number of aromatic nitrogens is 1. The lowest BCUT2D eigenvalue weighted by atomic mass is 10.2. The van der Waals surface area contributed by atoms with Gasteiger partial charge in [0.05, 0.1) is 31.9 Å². The highest BCUT2D eigenvalue weighted by molar-refractivity contribution is 7.13. The molecule has 0 aromatic carbocycles. The molecule has 0 amide bonds. The predicted molar refractivity (Wildman–Crippen MR) is 73.6 cm³/mol. The minimum atomic E-state index is -0.220. The Morgan fingerprint density at radius 1 is 1.47 bits per heavy atom. The third-order valence-electron chi connectivity index (χ3n) is 2.53. The van der Waals surface area contributed by atoms with Gasteiger partial charge in [-0.05, 0) is 0 Å². The smallest absolute Gasteiger partial charge is 0.305 e. The van der Waals surface area contributed by atoms with Crippen LogP contribution in [0.5, 0.6) is 0 Å². The summed E-state index contributed by atoms with van der Waals surface area (Å²) in [7, 11) is 4.67. The van der Waals surface area contributed by atoms with Crippen LogP contribution in [-0.2, 0) is 25.4 Å². The van der Waals surface area contributed by atoms with Crippen LogP contribution in [-0.4, -0.2) is 51.5 Å². The number of hydrogen-bond acceptors (Lipinski definition) is 7. The van der Waals surface area contributed by atoms with Crippen molar-refractivity contribution in [1.82, 2.24) is 4.98 Å². The Morgan fingerprint density at radius 3 is 2.89 bits per heavy atom. The maximum absolute atomic E-state index is 11.0. The summed E-state index contributed by atoms with van der Waals surface area (Å²) < 4.78 is 14.9. The van der Waals surface area contributed by atoms with Crippen LogP contribution in [0.4, 0.5) is 5.13 Å². The van der Waals surface area contributed by atoms with Crippen LogP contribution in [0.2, 0.25) is 0 Å². The zero-order chi connectivity index (χ0) is 14.1. The van der Waals surface area contributed by atoms with E-state index in [1.54, 1.807) is 14.2 Å². The Kier molecular flexibility index (Phi) is 7.39. The van der Waals surface area contributed by atoms with E-state index in [2.05, 4.69) is 15.0 Å². The van der Waals surface area contributed by atoms with Gasteiger partial charge in [0.25, 0.3) is 0 Å². The third-order valence-corrected chi connectivity index (χ3v) is 3.38. The van der Waals surface area contributed by atoms with E-state index in [1.165, 1.54) is 18.4 Å². The molecule has 0 saturated carbocycles. The fourth-order valence-corrected chi connectivity index (χ4v) is 2.19. The lowest BCUT2D eigenvalue weighted by Gasteiger charge is -2.14. The molecule has 0 saturated heterocycles. The number of esters is 1. The van der Waals surface area contributed by atoms with E-state index in [1.807, 2.05) is 5.38 Å². The number of carbonyl (C=O) groups is 1. The highest BCUT2D eigenvalue weighted by Gasteiger charge is 2.09. The molecular formula is C12H20N2O4S. The number of nitrogens with one attached hydrogen (secondary N) is 1. The first kappa shape index (κ1) is 15.9. The summed E-state index contributed by atoms with van der Waals surface area (Å²) in [5.74, 6) is -0.220. The first-order chi connectivity index (χ1) is 9.19. The molecule has 1 N–H and O–H groups in total. The summed E-state index contributed by atoms with van der Waals surface area (Å²) >= 11 is 1.51. The Morgan fingerprint density at radius 2 is 2.26 bits per heavy atom. The lowest BCUT2D eigenvalue weighted by Crippen LogP contribution is -2.26. The number of hydrogen-bond donors (Lipinski definition) is 1. The van der Waals surface area contributed by atoms with Gasteiger partial charge in [0.15, 0.2) is 5.13 Å². The van der Waals surface area contributed by atoms with Crippen LogP contribution in [0.15, 0.2) is 5.38 Å². The van der Waals surface area contributed by atoms with E-state index in [0.29, 0.717) is 26.0 Å². The molecule has 1 aromatic heterocycles. The van der Waals surface area contributed by atoms with Crippen LogP contribution in [0.1, 0.15) is 12.1 Å². The number of anilines is 1. The van der Waals surface area contributed by atoms with Crippen molar-refractivity contribution in [2.24, 2.45) is 0 Å². The fraction of sp³-hybridized carbons (Fsp3) is 0.667. The Labute approximate surface area is 117 Å². The predicted octanol–water partition coefficient (Wildman–Crippen LogP) is 1.32. The Hall–Kier alpha value is -1.18. The summed E-state index contributed by atoms with van der Waals surface area (Å²) in [4.78, 5) is 15.4. The van der Waals surface area contributed by atoms with Crippen molar-refractivity contribution in [2.75, 3.05) is 39.8 Å². The summed E-state index contributed by atoms with van der Waals surface area (Å²) in [6, 6.07) is 0. The monoisotopic (exact) mass is 288 g/mol. The lowest BCUT2D eigenvalue weighted by molar-refractivity contribution is -0.140. The average molecular weight is 288 g/mol. The number of thiazole rings is 1. The number of carbonyl (C=O) groups excluding carboxylic acids is 1. The number of nitrogens with zero attached hydrogens (tertiary/aromatic N) is 1. The average Bonchev–Trinajstić information content (AvgIpc) is 2.88. The van der Waals surface area contributed by atoms with Crippen LogP contribution < -0.4 is 5.32 Å². The second-order valence-corrected chi connectivity index (χ2v) is 4.77. The topological polar surface area (TPSA) is 69.7 Å². The second-order valence-electron chi connectivity index (χ2n) is 3.91. The van der Waals surface area contributed by atoms with Crippen LogP contribution >= 0.6 is 11.3 Å². The number of ether oxygens (including phenoxy) is 3. The van der Waals surface area contributed by atoms with E-state index >= 15 is 0 Å². The summed E-state index contributed by atoms with van der Waals surface area (Å²) in [6.07, 6.45) is 0.938. The molecule has 1 rings (SSSR count). The second kappa shape index (κ2) is 8.84. The van der Waals surface area contributed by atoms with Crippen molar-refractivity contribution in [1.29, 1.82) is 0 Å². The van der Waals surface area contributed by atoms with Gasteiger partial charge in [-0.1, -0.05) is 0 Å². The Bertz CT molecular complexity index is 384.